The third kappa shape index (κ3) is 3.71. The molecule has 1 amide bonds. The third-order valence-electron chi connectivity index (χ3n) is 3.06. The Morgan fingerprint density at radius 3 is 2.84 bits per heavy atom. The van der Waals surface area contributed by atoms with E-state index in [0.717, 1.165) is 11.3 Å². The van der Waals surface area contributed by atoms with E-state index in [-0.39, 0.29) is 12.3 Å². The maximum absolute atomic E-state index is 11.9. The van der Waals surface area contributed by atoms with E-state index in [1.165, 1.54) is 0 Å². The molecule has 2 rings (SSSR count). The summed E-state index contributed by atoms with van der Waals surface area (Å²) in [5.41, 5.74) is 1.05. The second-order valence-electron chi connectivity index (χ2n) is 4.56. The average molecular weight is 263 g/mol. The Balaban J connectivity index is 1.70. The number of carbonyl (C=O) groups excluding carboxylic acids is 1. The predicted molar refractivity (Wildman–Crippen MR) is 69.1 cm³/mol. The second-order valence-corrected chi connectivity index (χ2v) is 4.56. The van der Waals surface area contributed by atoms with Crippen molar-refractivity contribution in [3.63, 3.8) is 0 Å². The maximum Gasteiger partial charge on any atom is 0.303 e. The molecule has 2 N–H and O–H groups in total. The molecule has 1 aromatic carbocycles. The quantitative estimate of drug-likeness (QED) is 0.760. The molecule has 0 aliphatic carbocycles. The Labute approximate surface area is 111 Å². The molecule has 0 bridgehead atoms. The molecule has 1 atom stereocenters. The number of benzene rings is 1. The molecule has 1 aliphatic heterocycles. The number of para-hydroxylation sites is 1. The monoisotopic (exact) mass is 263 g/mol. The lowest BCUT2D eigenvalue weighted by molar-refractivity contribution is -0.137. The van der Waals surface area contributed by atoms with Crippen LogP contribution in [-0.4, -0.2) is 29.6 Å². The van der Waals surface area contributed by atoms with Crippen molar-refractivity contribution in [3.05, 3.63) is 29.8 Å². The topological polar surface area (TPSA) is 75.6 Å². The Hall–Kier alpha value is -2.04. The van der Waals surface area contributed by atoms with Crippen LogP contribution in [0.2, 0.25) is 0 Å². The number of nitrogens with one attached hydrogen (secondary N) is 1. The molecule has 0 radical (unpaired) electrons. The largest absolute Gasteiger partial charge is 0.481 e. The molecule has 19 heavy (non-hydrogen) atoms. The van der Waals surface area contributed by atoms with Crippen LogP contribution >= 0.6 is 0 Å². The van der Waals surface area contributed by atoms with Crippen LogP contribution < -0.4 is 10.1 Å². The standard InChI is InChI=1S/C14H17NO4/c16-13(17)7-3-4-8-15-14(18)12-9-10-5-1-2-6-11(10)19-12/h1-2,5-6,12H,3-4,7-9H2,(H,15,18)(H,16,17). The number of aliphatic carboxylic acids is 1. The molecule has 102 valence electrons. The average Bonchev–Trinajstić information content (AvgIpc) is 2.81. The minimum Gasteiger partial charge on any atom is -0.481 e. The summed E-state index contributed by atoms with van der Waals surface area (Å²) < 4.78 is 5.56. The number of carboxylic acid groups (broad SMARTS) is 1. The van der Waals surface area contributed by atoms with Crippen molar-refractivity contribution in [2.45, 2.75) is 31.8 Å². The summed E-state index contributed by atoms with van der Waals surface area (Å²) >= 11 is 0. The minimum atomic E-state index is -0.805. The van der Waals surface area contributed by atoms with Crippen molar-refractivity contribution in [3.8, 4) is 5.75 Å². The van der Waals surface area contributed by atoms with Crippen LogP contribution in [0.15, 0.2) is 24.3 Å². The van der Waals surface area contributed by atoms with E-state index in [2.05, 4.69) is 5.32 Å². The number of unbranched alkanes of at least 4 members (excludes halogenated alkanes) is 1. The zero-order chi connectivity index (χ0) is 13.7. The van der Waals surface area contributed by atoms with Gasteiger partial charge in [-0.05, 0) is 24.5 Å². The highest BCUT2D eigenvalue weighted by Gasteiger charge is 2.28. The van der Waals surface area contributed by atoms with Gasteiger partial charge >= 0.3 is 5.97 Å². The molecule has 5 nitrogen and oxygen atoms in total. The molecule has 1 aliphatic rings. The highest BCUT2D eigenvalue weighted by atomic mass is 16.5. The van der Waals surface area contributed by atoms with Crippen LogP contribution in [-0.2, 0) is 16.0 Å². The highest BCUT2D eigenvalue weighted by molar-refractivity contribution is 5.82. The predicted octanol–water partition coefficient (Wildman–Crippen LogP) is 1.36. The summed E-state index contributed by atoms with van der Waals surface area (Å²) in [5, 5.41) is 11.3. The van der Waals surface area contributed by atoms with Crippen LogP contribution in [0.4, 0.5) is 0 Å². The van der Waals surface area contributed by atoms with Crippen molar-refractivity contribution in [2.24, 2.45) is 0 Å². The van der Waals surface area contributed by atoms with Gasteiger partial charge in [0.25, 0.3) is 5.91 Å². The maximum atomic E-state index is 11.9. The normalized spacial score (nSPS) is 16.5. The van der Waals surface area contributed by atoms with E-state index >= 15 is 0 Å². The summed E-state index contributed by atoms with van der Waals surface area (Å²) in [6.45, 7) is 0.488. The van der Waals surface area contributed by atoms with Crippen molar-refractivity contribution in [1.82, 2.24) is 5.32 Å². The number of amides is 1. The minimum absolute atomic E-state index is 0.133. The van der Waals surface area contributed by atoms with Crippen LogP contribution in [0.5, 0.6) is 5.75 Å². The second kappa shape index (κ2) is 6.22. The molecular formula is C14H17NO4. The molecular weight excluding hydrogens is 246 g/mol. The lowest BCUT2D eigenvalue weighted by atomic mass is 10.1. The Morgan fingerprint density at radius 1 is 1.32 bits per heavy atom. The zero-order valence-electron chi connectivity index (χ0n) is 10.6. The van der Waals surface area contributed by atoms with Crippen molar-refractivity contribution in [1.29, 1.82) is 0 Å². The first kappa shape index (κ1) is 13.4. The lowest BCUT2D eigenvalue weighted by Gasteiger charge is -2.10. The number of hydrogen-bond donors (Lipinski definition) is 2. The molecule has 5 heteroatoms. The Morgan fingerprint density at radius 2 is 2.11 bits per heavy atom. The van der Waals surface area contributed by atoms with Gasteiger partial charge < -0.3 is 15.2 Å². The van der Waals surface area contributed by atoms with Crippen molar-refractivity contribution >= 4 is 11.9 Å². The summed E-state index contributed by atoms with van der Waals surface area (Å²) in [6.07, 6.45) is 1.51. The van der Waals surface area contributed by atoms with E-state index in [4.69, 9.17) is 9.84 Å². The van der Waals surface area contributed by atoms with Gasteiger partial charge in [-0.3, -0.25) is 9.59 Å². The Kier molecular flexibility index (Phi) is 4.39. The fourth-order valence-corrected chi connectivity index (χ4v) is 2.05. The van der Waals surface area contributed by atoms with Crippen LogP contribution in [0, 0.1) is 0 Å². The first-order chi connectivity index (χ1) is 9.16. The van der Waals surface area contributed by atoms with E-state index < -0.39 is 12.1 Å². The highest BCUT2D eigenvalue weighted by Crippen LogP contribution is 2.27. The van der Waals surface area contributed by atoms with E-state index in [1.807, 2.05) is 24.3 Å². The van der Waals surface area contributed by atoms with Gasteiger partial charge in [0.05, 0.1) is 0 Å². The first-order valence-corrected chi connectivity index (χ1v) is 6.41. The third-order valence-corrected chi connectivity index (χ3v) is 3.06. The molecule has 0 aromatic heterocycles. The summed E-state index contributed by atoms with van der Waals surface area (Å²) in [4.78, 5) is 22.2. The fourth-order valence-electron chi connectivity index (χ4n) is 2.05. The van der Waals surface area contributed by atoms with E-state index in [0.29, 0.717) is 25.8 Å². The van der Waals surface area contributed by atoms with Gasteiger partial charge in [-0.1, -0.05) is 18.2 Å². The number of carboxylic acids is 1. The van der Waals surface area contributed by atoms with Crippen molar-refractivity contribution in [2.75, 3.05) is 6.54 Å². The van der Waals surface area contributed by atoms with Crippen molar-refractivity contribution < 1.29 is 19.4 Å². The van der Waals surface area contributed by atoms with E-state index in [1.54, 1.807) is 0 Å². The molecule has 0 saturated heterocycles. The summed E-state index contributed by atoms with van der Waals surface area (Å²) in [6, 6.07) is 7.62. The molecule has 0 saturated carbocycles. The fraction of sp³-hybridized carbons (Fsp3) is 0.429. The van der Waals surface area contributed by atoms with Gasteiger partial charge in [-0.2, -0.15) is 0 Å². The molecule has 0 spiro atoms. The number of ether oxygens (including phenoxy) is 1. The molecule has 1 aromatic rings. The number of rotatable bonds is 6. The Bertz CT molecular complexity index is 447. The van der Waals surface area contributed by atoms with Gasteiger partial charge in [0, 0.05) is 19.4 Å². The number of carbonyl (C=O) groups is 2. The van der Waals surface area contributed by atoms with Gasteiger partial charge in [0.1, 0.15) is 5.75 Å². The van der Waals surface area contributed by atoms with Gasteiger partial charge in [0.15, 0.2) is 6.10 Å². The SMILES string of the molecule is O=C(O)CCCCNC(=O)C1Cc2ccccc2O1. The van der Waals surface area contributed by atoms with Gasteiger partial charge in [-0.15, -0.1) is 0 Å². The number of fused-ring (bicyclic) bond motifs is 1. The van der Waals surface area contributed by atoms with Crippen LogP contribution in [0.3, 0.4) is 0 Å². The van der Waals surface area contributed by atoms with Gasteiger partial charge in [0.2, 0.25) is 0 Å². The molecule has 0 fully saturated rings. The summed E-state index contributed by atoms with van der Waals surface area (Å²) in [7, 11) is 0. The van der Waals surface area contributed by atoms with E-state index in [9.17, 15) is 9.59 Å². The van der Waals surface area contributed by atoms with Crippen LogP contribution in [0.1, 0.15) is 24.8 Å². The number of hydrogen-bond acceptors (Lipinski definition) is 3. The first-order valence-electron chi connectivity index (χ1n) is 6.41. The molecule has 1 heterocycles. The zero-order valence-corrected chi connectivity index (χ0v) is 10.6. The summed E-state index contributed by atoms with van der Waals surface area (Å²) in [5.74, 6) is -0.166. The van der Waals surface area contributed by atoms with Crippen LogP contribution in [0.25, 0.3) is 0 Å². The lowest BCUT2D eigenvalue weighted by Crippen LogP contribution is -2.37. The molecule has 1 unspecified atom stereocenters. The smallest absolute Gasteiger partial charge is 0.303 e. The van der Waals surface area contributed by atoms with Gasteiger partial charge in [-0.25, -0.2) is 0 Å².